The number of aromatic hydroxyl groups is 1. The molecule has 4 heteroatoms. The molecule has 1 aliphatic heterocycles. The summed E-state index contributed by atoms with van der Waals surface area (Å²) in [6, 6.07) is 5.71. The van der Waals surface area contributed by atoms with Crippen molar-refractivity contribution in [3.05, 3.63) is 29.3 Å². The summed E-state index contributed by atoms with van der Waals surface area (Å²) in [7, 11) is 0. The molecule has 0 radical (unpaired) electrons. The molecule has 1 saturated heterocycles. The number of benzene rings is 1. The van der Waals surface area contributed by atoms with Crippen LogP contribution in [0.4, 0.5) is 0 Å². The lowest BCUT2D eigenvalue weighted by molar-refractivity contribution is -0.182. The van der Waals surface area contributed by atoms with Crippen LogP contribution in [-0.4, -0.2) is 45.6 Å². The number of carbonyl (C=O) groups is 1. The Morgan fingerprint density at radius 2 is 2.07 bits per heavy atom. The normalized spacial score (nSPS) is 36.8. The molecule has 0 aromatic heterocycles. The minimum absolute atomic E-state index is 0.0299. The van der Waals surface area contributed by atoms with Gasteiger partial charge in [0.2, 0.25) is 0 Å². The molecule has 4 atom stereocenters. The van der Waals surface area contributed by atoms with Crippen molar-refractivity contribution in [1.82, 2.24) is 4.90 Å². The third-order valence-corrected chi connectivity index (χ3v) is 8.44. The van der Waals surface area contributed by atoms with Gasteiger partial charge >= 0.3 is 0 Å². The summed E-state index contributed by atoms with van der Waals surface area (Å²) >= 11 is 0. The van der Waals surface area contributed by atoms with E-state index in [2.05, 4.69) is 18.7 Å². The van der Waals surface area contributed by atoms with Crippen LogP contribution in [0.2, 0.25) is 0 Å². The summed E-state index contributed by atoms with van der Waals surface area (Å²) in [5, 5.41) is 22.6. The smallest absolute Gasteiger partial charge is 0.137 e. The van der Waals surface area contributed by atoms with E-state index in [9.17, 15) is 15.0 Å². The van der Waals surface area contributed by atoms with E-state index < -0.39 is 11.0 Å². The summed E-state index contributed by atoms with van der Waals surface area (Å²) in [5.74, 6) is 1.89. The number of Topliss-reactive ketones (excluding diaryl/α,β-unsaturated/α-hetero) is 1. The van der Waals surface area contributed by atoms with Crippen LogP contribution in [0.3, 0.4) is 0 Å². The lowest BCUT2D eigenvalue weighted by Crippen LogP contribution is -2.74. The Labute approximate surface area is 174 Å². The van der Waals surface area contributed by atoms with E-state index in [-0.39, 0.29) is 17.7 Å². The van der Waals surface area contributed by atoms with Crippen LogP contribution in [0.25, 0.3) is 0 Å². The maximum absolute atomic E-state index is 13.3. The van der Waals surface area contributed by atoms with Gasteiger partial charge in [-0.3, -0.25) is 9.69 Å². The van der Waals surface area contributed by atoms with Crippen molar-refractivity contribution in [2.45, 2.75) is 82.3 Å². The zero-order chi connectivity index (χ0) is 20.4. The van der Waals surface area contributed by atoms with Gasteiger partial charge in [0.1, 0.15) is 11.5 Å². The Morgan fingerprint density at radius 1 is 1.28 bits per heavy atom. The molecule has 4 nitrogen and oxygen atoms in total. The second-order valence-corrected chi connectivity index (χ2v) is 10.8. The second kappa shape index (κ2) is 6.81. The summed E-state index contributed by atoms with van der Waals surface area (Å²) in [6.45, 7) is 6.44. The topological polar surface area (TPSA) is 60.8 Å². The van der Waals surface area contributed by atoms with Crippen LogP contribution in [-0.2, 0) is 16.6 Å². The predicted octanol–water partition coefficient (Wildman–Crippen LogP) is 3.82. The first-order valence-corrected chi connectivity index (χ1v) is 11.6. The van der Waals surface area contributed by atoms with Gasteiger partial charge in [0, 0.05) is 30.3 Å². The van der Waals surface area contributed by atoms with E-state index >= 15 is 0 Å². The quantitative estimate of drug-likeness (QED) is 0.793. The molecular formula is C25H35NO3. The molecule has 5 rings (SSSR count). The molecule has 158 valence electrons. The Kier molecular flexibility index (Phi) is 4.60. The fraction of sp³-hybridized carbons (Fsp3) is 0.720. The SMILES string of the molecule is CC(C)CCC1CC2(O)C3Cc4ccc(O)cc4C2(CCN3CC2CC2)CC1=O. The van der Waals surface area contributed by atoms with Crippen molar-refractivity contribution in [2.75, 3.05) is 13.1 Å². The Balaban J connectivity index is 1.56. The average Bonchev–Trinajstić information content (AvgIpc) is 3.47. The summed E-state index contributed by atoms with van der Waals surface area (Å²) in [4.78, 5) is 15.8. The van der Waals surface area contributed by atoms with Crippen LogP contribution in [0, 0.1) is 17.8 Å². The minimum Gasteiger partial charge on any atom is -0.508 e. The van der Waals surface area contributed by atoms with Crippen LogP contribution in [0.15, 0.2) is 18.2 Å². The van der Waals surface area contributed by atoms with Crippen LogP contribution < -0.4 is 0 Å². The predicted molar refractivity (Wildman–Crippen MR) is 113 cm³/mol. The van der Waals surface area contributed by atoms with Gasteiger partial charge in [-0.05, 0) is 80.2 Å². The number of hydrogen-bond donors (Lipinski definition) is 2. The van der Waals surface area contributed by atoms with Crippen molar-refractivity contribution in [3.63, 3.8) is 0 Å². The Bertz CT molecular complexity index is 816. The first-order valence-electron chi connectivity index (χ1n) is 11.6. The largest absolute Gasteiger partial charge is 0.508 e. The van der Waals surface area contributed by atoms with E-state index in [0.717, 1.165) is 50.3 Å². The van der Waals surface area contributed by atoms with Crippen LogP contribution in [0.1, 0.15) is 69.9 Å². The zero-order valence-electron chi connectivity index (χ0n) is 17.9. The molecule has 0 spiro atoms. The lowest BCUT2D eigenvalue weighted by atomic mass is 9.47. The Morgan fingerprint density at radius 3 is 2.79 bits per heavy atom. The molecule has 29 heavy (non-hydrogen) atoms. The zero-order valence-corrected chi connectivity index (χ0v) is 17.9. The molecule has 1 aromatic rings. The summed E-state index contributed by atoms with van der Waals surface area (Å²) in [5.41, 5.74) is 0.843. The van der Waals surface area contributed by atoms with Gasteiger partial charge in [-0.2, -0.15) is 0 Å². The van der Waals surface area contributed by atoms with E-state index in [4.69, 9.17) is 0 Å². The molecule has 0 amide bonds. The number of piperidine rings is 1. The van der Waals surface area contributed by atoms with Crippen LogP contribution >= 0.6 is 0 Å². The minimum atomic E-state index is -0.878. The number of fused-ring (bicyclic) bond motifs is 1. The standard InChI is InChI=1S/C25H35NO3/c1-16(2)3-6-19-13-25(29)23-11-18-7-8-20(27)12-21(18)24(25,14-22(19)28)9-10-26(23)15-17-4-5-17/h7-8,12,16-17,19,23,27,29H,3-6,9-11,13-15H2,1-2H3. The maximum Gasteiger partial charge on any atom is 0.137 e. The highest BCUT2D eigenvalue weighted by molar-refractivity contribution is 5.85. The molecule has 1 heterocycles. The number of nitrogens with zero attached hydrogens (tertiary/aromatic N) is 1. The van der Waals surface area contributed by atoms with Crippen molar-refractivity contribution in [2.24, 2.45) is 17.8 Å². The molecule has 4 unspecified atom stereocenters. The van der Waals surface area contributed by atoms with Gasteiger partial charge < -0.3 is 10.2 Å². The van der Waals surface area contributed by atoms with Crippen molar-refractivity contribution in [1.29, 1.82) is 0 Å². The third kappa shape index (κ3) is 3.06. The van der Waals surface area contributed by atoms with Crippen molar-refractivity contribution < 1.29 is 15.0 Å². The molecule has 3 fully saturated rings. The van der Waals surface area contributed by atoms with E-state index in [1.807, 2.05) is 12.1 Å². The maximum atomic E-state index is 13.3. The number of ketones is 1. The fourth-order valence-electron chi connectivity index (χ4n) is 6.64. The van der Waals surface area contributed by atoms with Crippen molar-refractivity contribution >= 4 is 5.78 Å². The summed E-state index contributed by atoms with van der Waals surface area (Å²) < 4.78 is 0. The third-order valence-electron chi connectivity index (χ3n) is 8.44. The molecule has 2 bridgehead atoms. The average molecular weight is 398 g/mol. The monoisotopic (exact) mass is 397 g/mol. The number of hydrogen-bond acceptors (Lipinski definition) is 4. The van der Waals surface area contributed by atoms with E-state index in [0.29, 0.717) is 24.5 Å². The van der Waals surface area contributed by atoms with Gasteiger partial charge in [0.25, 0.3) is 0 Å². The highest BCUT2D eigenvalue weighted by atomic mass is 16.3. The highest BCUT2D eigenvalue weighted by Gasteiger charge is 2.66. The molecule has 3 aliphatic carbocycles. The van der Waals surface area contributed by atoms with Gasteiger partial charge in [0.15, 0.2) is 0 Å². The van der Waals surface area contributed by atoms with Gasteiger partial charge in [-0.1, -0.05) is 26.3 Å². The Hall–Kier alpha value is -1.39. The highest BCUT2D eigenvalue weighted by Crippen LogP contribution is 2.59. The number of phenolic OH excluding ortho intramolecular Hbond substituents is 1. The van der Waals surface area contributed by atoms with E-state index in [1.54, 1.807) is 6.07 Å². The lowest BCUT2D eigenvalue weighted by Gasteiger charge is -2.64. The summed E-state index contributed by atoms with van der Waals surface area (Å²) in [6.07, 6.45) is 7.19. The number of carbonyl (C=O) groups excluding carboxylic acids is 1. The van der Waals surface area contributed by atoms with Gasteiger partial charge in [-0.25, -0.2) is 0 Å². The molecule has 4 aliphatic rings. The number of phenols is 1. The molecular weight excluding hydrogens is 362 g/mol. The first kappa shape index (κ1) is 19.6. The fourth-order valence-corrected chi connectivity index (χ4v) is 6.64. The van der Waals surface area contributed by atoms with Gasteiger partial charge in [-0.15, -0.1) is 0 Å². The number of rotatable bonds is 5. The van der Waals surface area contributed by atoms with Crippen LogP contribution in [0.5, 0.6) is 5.75 Å². The number of likely N-dealkylation sites (tertiary alicyclic amines) is 1. The number of aliphatic hydroxyl groups is 1. The second-order valence-electron chi connectivity index (χ2n) is 10.8. The van der Waals surface area contributed by atoms with E-state index in [1.165, 1.54) is 18.4 Å². The molecule has 2 N–H and O–H groups in total. The molecule has 2 saturated carbocycles. The first-order chi connectivity index (χ1) is 13.8. The van der Waals surface area contributed by atoms with Crippen molar-refractivity contribution in [3.8, 4) is 5.75 Å². The van der Waals surface area contributed by atoms with Gasteiger partial charge in [0.05, 0.1) is 5.60 Å². The molecule has 1 aromatic carbocycles.